The van der Waals surface area contributed by atoms with Crippen LogP contribution in [0.25, 0.3) is 0 Å². The van der Waals surface area contributed by atoms with Crippen molar-refractivity contribution in [3.8, 4) is 5.75 Å². The summed E-state index contributed by atoms with van der Waals surface area (Å²) in [5.41, 5.74) is 2.44. The van der Waals surface area contributed by atoms with Crippen LogP contribution in [0.3, 0.4) is 0 Å². The summed E-state index contributed by atoms with van der Waals surface area (Å²) in [6.45, 7) is 5.14. The van der Waals surface area contributed by atoms with Gasteiger partial charge in [0, 0.05) is 29.8 Å². The van der Waals surface area contributed by atoms with E-state index in [2.05, 4.69) is 41.3 Å². The third-order valence-corrected chi connectivity index (χ3v) is 4.07. The molecule has 0 aliphatic heterocycles. The lowest BCUT2D eigenvalue weighted by atomic mass is 10.0. The molecular weight excluding hydrogens is 270 g/mol. The van der Waals surface area contributed by atoms with Crippen molar-refractivity contribution in [1.29, 1.82) is 0 Å². The highest BCUT2D eigenvalue weighted by Crippen LogP contribution is 2.30. The zero-order valence-electron chi connectivity index (χ0n) is 12.1. The van der Waals surface area contributed by atoms with Gasteiger partial charge in [-0.25, -0.2) is 4.98 Å². The lowest BCUT2D eigenvalue weighted by Crippen LogP contribution is -2.23. The van der Waals surface area contributed by atoms with E-state index in [0.29, 0.717) is 0 Å². The third-order valence-electron chi connectivity index (χ3n) is 3.07. The topological polar surface area (TPSA) is 49.9 Å². The van der Waals surface area contributed by atoms with E-state index in [-0.39, 0.29) is 6.04 Å². The maximum Gasteiger partial charge on any atom is 0.165 e. The summed E-state index contributed by atoms with van der Waals surface area (Å²) in [6, 6.07) is 6.54. The van der Waals surface area contributed by atoms with E-state index in [0.717, 1.165) is 23.2 Å². The normalized spacial score (nSPS) is 12.3. The second-order valence-electron chi connectivity index (χ2n) is 4.56. The van der Waals surface area contributed by atoms with Gasteiger partial charge in [-0.2, -0.15) is 0 Å². The van der Waals surface area contributed by atoms with Gasteiger partial charge < -0.3 is 15.0 Å². The fraction of sp³-hybridized carbons (Fsp3) is 0.400. The average molecular weight is 291 g/mol. The summed E-state index contributed by atoms with van der Waals surface area (Å²) in [4.78, 5) is 7.37. The summed E-state index contributed by atoms with van der Waals surface area (Å²) < 4.78 is 5.49. The number of hydrogen-bond acceptors (Lipinski definition) is 4. The molecule has 4 nitrogen and oxygen atoms in total. The highest BCUT2D eigenvalue weighted by Gasteiger charge is 2.16. The monoisotopic (exact) mass is 291 g/mol. The molecule has 1 unspecified atom stereocenters. The molecule has 0 saturated heterocycles. The summed E-state index contributed by atoms with van der Waals surface area (Å²) in [7, 11) is 1.72. The van der Waals surface area contributed by atoms with Crippen molar-refractivity contribution in [2.75, 3.05) is 19.4 Å². The molecule has 2 rings (SSSR count). The van der Waals surface area contributed by atoms with Crippen molar-refractivity contribution >= 4 is 11.8 Å². The first-order valence-electron chi connectivity index (χ1n) is 6.74. The highest BCUT2D eigenvalue weighted by atomic mass is 32.2. The van der Waals surface area contributed by atoms with Crippen molar-refractivity contribution in [2.45, 2.75) is 25.0 Å². The maximum absolute atomic E-state index is 5.49. The molecule has 1 aromatic heterocycles. The molecule has 0 fully saturated rings. The van der Waals surface area contributed by atoms with Crippen LogP contribution < -0.4 is 10.1 Å². The van der Waals surface area contributed by atoms with E-state index in [1.165, 1.54) is 11.1 Å². The summed E-state index contributed by atoms with van der Waals surface area (Å²) in [6.07, 6.45) is 3.62. The minimum Gasteiger partial charge on any atom is -0.496 e. The number of nitrogens with zero attached hydrogens (tertiary/aromatic N) is 1. The van der Waals surface area contributed by atoms with Crippen molar-refractivity contribution in [2.24, 2.45) is 0 Å². The van der Waals surface area contributed by atoms with Crippen LogP contribution in [-0.2, 0) is 0 Å². The Morgan fingerprint density at radius 2 is 2.30 bits per heavy atom. The molecule has 1 aromatic carbocycles. The zero-order valence-corrected chi connectivity index (χ0v) is 13.0. The van der Waals surface area contributed by atoms with Gasteiger partial charge in [-0.1, -0.05) is 36.4 Å². The number of aromatic nitrogens is 2. The molecule has 2 N–H and O–H groups in total. The van der Waals surface area contributed by atoms with Crippen LogP contribution in [0.1, 0.15) is 24.1 Å². The van der Waals surface area contributed by atoms with Crippen LogP contribution >= 0.6 is 11.8 Å². The van der Waals surface area contributed by atoms with E-state index in [1.54, 1.807) is 25.1 Å². The molecule has 108 valence electrons. The molecule has 0 bridgehead atoms. The number of H-pyrrole nitrogens is 1. The smallest absolute Gasteiger partial charge is 0.165 e. The van der Waals surface area contributed by atoms with Gasteiger partial charge in [-0.3, -0.25) is 0 Å². The Balaban J connectivity index is 2.16. The maximum atomic E-state index is 5.49. The Bertz CT molecular complexity index is 528. The Morgan fingerprint density at radius 3 is 2.95 bits per heavy atom. The second kappa shape index (κ2) is 7.36. The molecule has 0 aliphatic rings. The van der Waals surface area contributed by atoms with Crippen molar-refractivity contribution in [3.05, 3.63) is 41.7 Å². The lowest BCUT2D eigenvalue weighted by Gasteiger charge is -2.20. The van der Waals surface area contributed by atoms with Gasteiger partial charge in [0.2, 0.25) is 0 Å². The molecule has 5 heteroatoms. The summed E-state index contributed by atoms with van der Waals surface area (Å²) in [5.74, 6) is 1.84. The lowest BCUT2D eigenvalue weighted by molar-refractivity contribution is 0.403. The molecule has 0 aliphatic carbocycles. The fourth-order valence-corrected chi connectivity index (χ4v) is 3.03. The average Bonchev–Trinajstić information content (AvgIpc) is 2.96. The quantitative estimate of drug-likeness (QED) is 0.769. The van der Waals surface area contributed by atoms with Crippen molar-refractivity contribution in [3.63, 3.8) is 0 Å². The highest BCUT2D eigenvalue weighted by molar-refractivity contribution is 7.99. The molecule has 0 spiro atoms. The molecule has 0 amide bonds. The van der Waals surface area contributed by atoms with Gasteiger partial charge in [0.1, 0.15) is 5.75 Å². The number of ether oxygens (including phenoxy) is 1. The SMILES string of the molecule is CCNC(CSc1ncc[nH]1)c1cc(C)ccc1OC. The molecular formula is C15H21N3OS. The number of methoxy groups -OCH3 is 1. The fourth-order valence-electron chi connectivity index (χ4n) is 2.12. The number of rotatable bonds is 7. The number of imidazole rings is 1. The summed E-state index contributed by atoms with van der Waals surface area (Å²) in [5, 5.41) is 4.46. The first-order valence-corrected chi connectivity index (χ1v) is 7.73. The zero-order chi connectivity index (χ0) is 14.4. The molecule has 0 saturated carbocycles. The van der Waals surface area contributed by atoms with Crippen molar-refractivity contribution in [1.82, 2.24) is 15.3 Å². The largest absolute Gasteiger partial charge is 0.496 e. The molecule has 1 atom stereocenters. The van der Waals surface area contributed by atoms with E-state index >= 15 is 0 Å². The first-order chi connectivity index (χ1) is 9.74. The van der Waals surface area contributed by atoms with Gasteiger partial charge in [-0.15, -0.1) is 0 Å². The molecule has 0 radical (unpaired) electrons. The second-order valence-corrected chi connectivity index (χ2v) is 5.57. The van der Waals surface area contributed by atoms with Crippen LogP contribution in [0.5, 0.6) is 5.75 Å². The van der Waals surface area contributed by atoms with Gasteiger partial charge in [-0.05, 0) is 19.5 Å². The minimum atomic E-state index is 0.241. The van der Waals surface area contributed by atoms with Gasteiger partial charge in [0.15, 0.2) is 5.16 Å². The van der Waals surface area contributed by atoms with Crippen LogP contribution in [-0.4, -0.2) is 29.4 Å². The van der Waals surface area contributed by atoms with Gasteiger partial charge >= 0.3 is 0 Å². The Morgan fingerprint density at radius 1 is 1.45 bits per heavy atom. The van der Waals surface area contributed by atoms with Gasteiger partial charge in [0.05, 0.1) is 7.11 Å². The number of thioether (sulfide) groups is 1. The molecule has 20 heavy (non-hydrogen) atoms. The van der Waals surface area contributed by atoms with Gasteiger partial charge in [0.25, 0.3) is 0 Å². The van der Waals surface area contributed by atoms with Crippen molar-refractivity contribution < 1.29 is 4.74 Å². The standard InChI is InChI=1S/C15H21N3OS/c1-4-16-13(10-20-15-17-7-8-18-15)12-9-11(2)5-6-14(12)19-3/h5-9,13,16H,4,10H2,1-3H3,(H,17,18). The predicted octanol–water partition coefficient (Wildman–Crippen LogP) is 3.17. The third kappa shape index (κ3) is 3.77. The Hall–Kier alpha value is -1.46. The number of aromatic amines is 1. The van der Waals surface area contributed by atoms with Crippen LogP contribution in [0.15, 0.2) is 35.7 Å². The van der Waals surface area contributed by atoms with E-state index in [9.17, 15) is 0 Å². The number of hydrogen-bond donors (Lipinski definition) is 2. The number of aryl methyl sites for hydroxylation is 1. The van der Waals surface area contributed by atoms with Crippen LogP contribution in [0.4, 0.5) is 0 Å². The van der Waals surface area contributed by atoms with E-state index in [1.807, 2.05) is 12.3 Å². The first kappa shape index (κ1) is 14.9. The Kier molecular flexibility index (Phi) is 5.49. The number of benzene rings is 1. The van der Waals surface area contributed by atoms with E-state index < -0.39 is 0 Å². The minimum absolute atomic E-state index is 0.241. The Labute approximate surface area is 124 Å². The molecule has 1 heterocycles. The van der Waals surface area contributed by atoms with Crippen LogP contribution in [0, 0.1) is 6.92 Å². The summed E-state index contributed by atoms with van der Waals surface area (Å²) >= 11 is 1.71. The van der Waals surface area contributed by atoms with E-state index in [4.69, 9.17) is 4.74 Å². The number of nitrogens with one attached hydrogen (secondary N) is 2. The van der Waals surface area contributed by atoms with Crippen LogP contribution in [0.2, 0.25) is 0 Å². The predicted molar refractivity (Wildman–Crippen MR) is 83.5 cm³/mol. The molecule has 2 aromatic rings.